The number of likely N-dealkylation sites (N-methyl/N-ethyl adjacent to an activating group) is 1. The summed E-state index contributed by atoms with van der Waals surface area (Å²) in [6.07, 6.45) is 2.32. The lowest BCUT2D eigenvalue weighted by molar-refractivity contribution is -0.153. The standard InChI is InChI=1S/C32H32F3N10O2P/c1-43-9-11-45(12-10-43)26-14-27(47-18-32(33,34)35)24(13-22(26)19-15-38-44(2)17-19)40-31-41-29-21(7-8-36-29)30(42-31)39-25-16-37-23-6-4-3-5-20(23)28(25)48-46/h3-8,13-17H,9-12,18,48H2,1-2H3,(H3,36,39,40,41,42). The summed E-state index contributed by atoms with van der Waals surface area (Å²) in [5.41, 5.74) is 4.24. The molecule has 48 heavy (non-hydrogen) atoms. The second-order valence-corrected chi connectivity index (χ2v) is 12.4. The maximum atomic E-state index is 13.5. The highest BCUT2D eigenvalue weighted by Gasteiger charge is 2.30. The Morgan fingerprint density at radius 3 is 2.54 bits per heavy atom. The van der Waals surface area contributed by atoms with Crippen molar-refractivity contribution in [1.82, 2.24) is 34.6 Å². The molecule has 0 saturated carbocycles. The van der Waals surface area contributed by atoms with E-state index in [0.29, 0.717) is 46.4 Å². The predicted octanol–water partition coefficient (Wildman–Crippen LogP) is 5.47. The van der Waals surface area contributed by atoms with Crippen molar-refractivity contribution < 1.29 is 22.5 Å². The molecule has 1 aliphatic heterocycles. The van der Waals surface area contributed by atoms with Crippen LogP contribution >= 0.6 is 8.46 Å². The Bertz CT molecular complexity index is 2130. The lowest BCUT2D eigenvalue weighted by Crippen LogP contribution is -2.44. The summed E-state index contributed by atoms with van der Waals surface area (Å²) >= 11 is 0. The van der Waals surface area contributed by atoms with Crippen LogP contribution in [0.15, 0.2) is 67.3 Å². The van der Waals surface area contributed by atoms with Gasteiger partial charge < -0.3 is 34.7 Å². The van der Waals surface area contributed by atoms with Crippen molar-refractivity contribution in [2.24, 2.45) is 7.05 Å². The molecule has 1 atom stereocenters. The van der Waals surface area contributed by atoms with Gasteiger partial charge in [-0.15, -0.1) is 0 Å². The second-order valence-electron chi connectivity index (χ2n) is 11.6. The number of alkyl halides is 3. The molecule has 1 saturated heterocycles. The van der Waals surface area contributed by atoms with Gasteiger partial charge in [-0.25, -0.2) is 0 Å². The molecule has 0 amide bonds. The van der Waals surface area contributed by atoms with E-state index >= 15 is 0 Å². The third-order valence-electron chi connectivity index (χ3n) is 8.20. The monoisotopic (exact) mass is 676 g/mol. The molecule has 0 aliphatic carbocycles. The number of halogens is 3. The van der Waals surface area contributed by atoms with Crippen LogP contribution in [0.25, 0.3) is 33.1 Å². The van der Waals surface area contributed by atoms with Gasteiger partial charge >= 0.3 is 6.18 Å². The number of aromatic nitrogens is 6. The molecule has 12 nitrogen and oxygen atoms in total. The van der Waals surface area contributed by atoms with Crippen molar-refractivity contribution in [3.05, 3.63) is 67.3 Å². The van der Waals surface area contributed by atoms with E-state index in [1.165, 1.54) is 0 Å². The summed E-state index contributed by atoms with van der Waals surface area (Å²) in [7, 11) is 2.51. The first-order chi connectivity index (χ1) is 23.1. The van der Waals surface area contributed by atoms with Gasteiger partial charge in [0, 0.05) is 79.2 Å². The molecule has 5 heterocycles. The lowest BCUT2D eigenvalue weighted by atomic mass is 10.0. The van der Waals surface area contributed by atoms with Crippen LogP contribution in [0.4, 0.5) is 42.0 Å². The molecule has 0 radical (unpaired) electrons. The highest BCUT2D eigenvalue weighted by molar-refractivity contribution is 7.35. The zero-order valence-electron chi connectivity index (χ0n) is 26.0. The fraction of sp³-hybridized carbons (Fsp3) is 0.250. The van der Waals surface area contributed by atoms with Gasteiger partial charge in [0.2, 0.25) is 5.95 Å². The van der Waals surface area contributed by atoms with Crippen molar-refractivity contribution in [3.8, 4) is 16.9 Å². The molecule has 7 rings (SSSR count). The minimum Gasteiger partial charge on any atom is -0.482 e. The van der Waals surface area contributed by atoms with Crippen LogP contribution < -0.4 is 25.6 Å². The molecule has 1 fully saturated rings. The summed E-state index contributed by atoms with van der Waals surface area (Å²) in [4.78, 5) is 21.2. The van der Waals surface area contributed by atoms with E-state index in [4.69, 9.17) is 9.72 Å². The molecular formula is C32H32F3N10O2P. The number of anilines is 5. The molecule has 0 bridgehead atoms. The number of nitrogens with zero attached hydrogens (tertiary/aromatic N) is 7. The van der Waals surface area contributed by atoms with Gasteiger partial charge in [0.05, 0.1) is 43.1 Å². The highest BCUT2D eigenvalue weighted by atomic mass is 31.1. The summed E-state index contributed by atoms with van der Waals surface area (Å²) in [5.74, 6) is 0.474. The molecule has 1 aliphatic rings. The van der Waals surface area contributed by atoms with E-state index in [2.05, 4.69) is 40.5 Å². The number of nitrogens with one attached hydrogen (secondary N) is 3. The zero-order chi connectivity index (χ0) is 33.4. The molecule has 16 heteroatoms. The number of hydrogen-bond acceptors (Lipinski definition) is 10. The zero-order valence-corrected chi connectivity index (χ0v) is 27.2. The van der Waals surface area contributed by atoms with E-state index in [1.54, 1.807) is 48.5 Å². The molecule has 4 aromatic heterocycles. The van der Waals surface area contributed by atoms with Crippen LogP contribution in [0.1, 0.15) is 0 Å². The average Bonchev–Trinajstić information content (AvgIpc) is 3.73. The van der Waals surface area contributed by atoms with Gasteiger partial charge in [0.25, 0.3) is 0 Å². The highest BCUT2D eigenvalue weighted by Crippen LogP contribution is 2.41. The van der Waals surface area contributed by atoms with Crippen LogP contribution in [-0.4, -0.2) is 80.6 Å². The van der Waals surface area contributed by atoms with Crippen LogP contribution in [0.2, 0.25) is 0 Å². The molecule has 0 spiro atoms. The second kappa shape index (κ2) is 12.8. The Hall–Kier alpha value is -5.14. The number of aryl methyl sites for hydroxylation is 1. The smallest absolute Gasteiger partial charge is 0.422 e. The maximum Gasteiger partial charge on any atom is 0.422 e. The number of para-hydroxylation sites is 1. The number of rotatable bonds is 9. The molecule has 248 valence electrons. The van der Waals surface area contributed by atoms with E-state index in [1.807, 2.05) is 37.5 Å². The Kier molecular flexibility index (Phi) is 8.40. The normalized spacial score (nSPS) is 14.4. The number of pyridine rings is 1. The topological polar surface area (TPSA) is 129 Å². The third-order valence-corrected chi connectivity index (χ3v) is 9.06. The fourth-order valence-corrected chi connectivity index (χ4v) is 6.42. The first kappa shape index (κ1) is 31.5. The quantitative estimate of drug-likeness (QED) is 0.170. The summed E-state index contributed by atoms with van der Waals surface area (Å²) in [6, 6.07) is 12.6. The van der Waals surface area contributed by atoms with Crippen LogP contribution in [0.3, 0.4) is 0 Å². The van der Waals surface area contributed by atoms with Gasteiger partial charge in [0.1, 0.15) is 17.2 Å². The number of H-pyrrole nitrogens is 1. The Balaban J connectivity index is 1.32. The van der Waals surface area contributed by atoms with Crippen molar-refractivity contribution >= 4 is 64.5 Å². The van der Waals surface area contributed by atoms with Crippen LogP contribution in [0.5, 0.6) is 5.75 Å². The minimum absolute atomic E-state index is 0.00504. The van der Waals surface area contributed by atoms with Crippen molar-refractivity contribution in [3.63, 3.8) is 0 Å². The maximum absolute atomic E-state index is 13.5. The average molecular weight is 677 g/mol. The van der Waals surface area contributed by atoms with E-state index in [-0.39, 0.29) is 17.4 Å². The molecule has 3 N–H and O–H groups in total. The third kappa shape index (κ3) is 6.51. The number of hydrogen-bond donors (Lipinski definition) is 3. The van der Waals surface area contributed by atoms with Gasteiger partial charge in [-0.3, -0.25) is 9.67 Å². The van der Waals surface area contributed by atoms with Crippen molar-refractivity contribution in [1.29, 1.82) is 0 Å². The van der Waals surface area contributed by atoms with E-state index in [9.17, 15) is 17.7 Å². The summed E-state index contributed by atoms with van der Waals surface area (Å²) < 4.78 is 59.9. The molecule has 1 unspecified atom stereocenters. The van der Waals surface area contributed by atoms with Gasteiger partial charge in [0.15, 0.2) is 6.61 Å². The molecular weight excluding hydrogens is 644 g/mol. The molecule has 6 aromatic rings. The summed E-state index contributed by atoms with van der Waals surface area (Å²) in [6.45, 7) is 1.50. The first-order valence-corrected chi connectivity index (χ1v) is 16.2. The predicted molar refractivity (Wildman–Crippen MR) is 182 cm³/mol. The first-order valence-electron chi connectivity index (χ1n) is 15.2. The Morgan fingerprint density at radius 1 is 0.979 bits per heavy atom. The number of piperazine rings is 1. The van der Waals surface area contributed by atoms with Crippen LogP contribution in [0, 0.1) is 0 Å². The largest absolute Gasteiger partial charge is 0.482 e. The lowest BCUT2D eigenvalue weighted by Gasteiger charge is -2.35. The number of benzene rings is 2. The SMILES string of the molecule is CN1CCN(c2cc(OCC(F)(F)F)c(Nc3nc(Nc4cnc5ccccc5c4[PH2]=O)c4cc[nH]c4n3)cc2-c2cnn(C)c2)CC1. The van der Waals surface area contributed by atoms with Crippen molar-refractivity contribution in [2.75, 3.05) is 55.4 Å². The van der Waals surface area contributed by atoms with Gasteiger partial charge in [-0.2, -0.15) is 28.2 Å². The van der Waals surface area contributed by atoms with Gasteiger partial charge in [-0.1, -0.05) is 18.2 Å². The minimum atomic E-state index is -4.56. The fourth-order valence-electron chi connectivity index (χ4n) is 5.78. The summed E-state index contributed by atoms with van der Waals surface area (Å²) in [5, 5.41) is 12.8. The van der Waals surface area contributed by atoms with Crippen LogP contribution in [-0.2, 0) is 11.6 Å². The Labute approximate surface area is 274 Å². The number of ether oxygens (including phenoxy) is 1. The van der Waals surface area contributed by atoms with Gasteiger partial charge in [-0.05, 0) is 25.2 Å². The van der Waals surface area contributed by atoms with Crippen molar-refractivity contribution in [2.45, 2.75) is 6.18 Å². The van der Waals surface area contributed by atoms with E-state index in [0.717, 1.165) is 35.3 Å². The Morgan fingerprint density at radius 2 is 1.79 bits per heavy atom. The molecule has 2 aromatic carbocycles. The number of fused-ring (bicyclic) bond motifs is 2. The number of aromatic amines is 1. The van der Waals surface area contributed by atoms with E-state index < -0.39 is 21.2 Å².